The van der Waals surface area contributed by atoms with Crippen molar-refractivity contribution in [3.63, 3.8) is 0 Å². The molecule has 0 fully saturated rings. The number of carbonyl (C=O) groups excluding carboxylic acids is 1. The summed E-state index contributed by atoms with van der Waals surface area (Å²) >= 11 is 0.885. The Balaban J connectivity index is 2.21. The van der Waals surface area contributed by atoms with Crippen LogP contribution in [0.3, 0.4) is 0 Å². The van der Waals surface area contributed by atoms with Crippen molar-refractivity contribution in [1.29, 1.82) is 5.26 Å². The van der Waals surface area contributed by atoms with Crippen molar-refractivity contribution in [3.05, 3.63) is 46.8 Å². The van der Waals surface area contributed by atoms with Gasteiger partial charge in [-0.3, -0.25) is 4.72 Å². The van der Waals surface area contributed by atoms with Crippen LogP contribution in [-0.4, -0.2) is 21.5 Å². The predicted molar refractivity (Wildman–Crippen MR) is 77.6 cm³/mol. The van der Waals surface area contributed by atoms with Crippen molar-refractivity contribution in [3.8, 4) is 6.07 Å². The Labute approximate surface area is 125 Å². The van der Waals surface area contributed by atoms with Crippen LogP contribution in [0.15, 0.2) is 40.6 Å². The molecule has 2 aromatic rings. The summed E-state index contributed by atoms with van der Waals surface area (Å²) in [6, 6.07) is 10.5. The summed E-state index contributed by atoms with van der Waals surface area (Å²) < 4.78 is 31.2. The standard InChI is InChI=1S/C13H10N2O4S2/c1-19-13(16)9-2-4-10(5-3-9)15-21(17,18)12-7-6-11(8-14)20-12/h2-7,15H,1H3. The molecule has 0 bridgehead atoms. The van der Waals surface area contributed by atoms with Gasteiger partial charge in [0.05, 0.1) is 12.7 Å². The van der Waals surface area contributed by atoms with E-state index in [0.29, 0.717) is 16.1 Å². The molecule has 0 aliphatic heterocycles. The van der Waals surface area contributed by atoms with Gasteiger partial charge in [-0.15, -0.1) is 11.3 Å². The highest BCUT2D eigenvalue weighted by atomic mass is 32.2. The first-order chi connectivity index (χ1) is 9.96. The predicted octanol–water partition coefficient (Wildman–Crippen LogP) is 2.21. The van der Waals surface area contributed by atoms with Crippen molar-refractivity contribution in [1.82, 2.24) is 0 Å². The van der Waals surface area contributed by atoms with Crippen LogP contribution in [0.5, 0.6) is 0 Å². The average Bonchev–Trinajstić information content (AvgIpc) is 2.96. The first-order valence-electron chi connectivity index (χ1n) is 5.67. The fraction of sp³-hybridized carbons (Fsp3) is 0.0769. The Bertz CT molecular complexity index is 801. The highest BCUT2D eigenvalue weighted by Crippen LogP contribution is 2.23. The SMILES string of the molecule is COC(=O)c1ccc(NS(=O)(=O)c2ccc(C#N)s2)cc1. The summed E-state index contributed by atoms with van der Waals surface area (Å²) in [5.41, 5.74) is 0.637. The maximum Gasteiger partial charge on any atom is 0.337 e. The number of nitriles is 1. The molecule has 0 saturated carbocycles. The molecule has 6 nitrogen and oxygen atoms in total. The molecule has 1 aromatic heterocycles. The molecule has 108 valence electrons. The minimum absolute atomic E-state index is 0.0519. The molecule has 0 radical (unpaired) electrons. The lowest BCUT2D eigenvalue weighted by Crippen LogP contribution is -2.11. The van der Waals surface area contributed by atoms with Crippen LogP contribution in [0.25, 0.3) is 0 Å². The van der Waals surface area contributed by atoms with Crippen LogP contribution in [-0.2, 0) is 14.8 Å². The maximum atomic E-state index is 12.1. The second-order valence-corrected chi connectivity index (χ2v) is 6.90. The van der Waals surface area contributed by atoms with Crippen LogP contribution >= 0.6 is 11.3 Å². The van der Waals surface area contributed by atoms with Gasteiger partial charge in [0.1, 0.15) is 15.2 Å². The summed E-state index contributed by atoms with van der Waals surface area (Å²) in [6.45, 7) is 0. The van der Waals surface area contributed by atoms with E-state index in [2.05, 4.69) is 9.46 Å². The summed E-state index contributed by atoms with van der Waals surface area (Å²) in [4.78, 5) is 11.6. The van der Waals surface area contributed by atoms with Crippen molar-refractivity contribution in [2.24, 2.45) is 0 Å². The average molecular weight is 322 g/mol. The number of sulfonamides is 1. The van der Waals surface area contributed by atoms with Gasteiger partial charge in [0, 0.05) is 5.69 Å². The molecular formula is C13H10N2O4S2. The Morgan fingerprint density at radius 2 is 1.90 bits per heavy atom. The molecule has 0 saturated heterocycles. The van der Waals surface area contributed by atoms with E-state index in [-0.39, 0.29) is 4.21 Å². The zero-order chi connectivity index (χ0) is 15.5. The minimum Gasteiger partial charge on any atom is -0.465 e. The first kappa shape index (κ1) is 15.0. The van der Waals surface area contributed by atoms with E-state index < -0.39 is 16.0 Å². The number of nitrogens with zero attached hydrogens (tertiary/aromatic N) is 1. The van der Waals surface area contributed by atoms with Gasteiger partial charge >= 0.3 is 5.97 Å². The van der Waals surface area contributed by atoms with Gasteiger partial charge in [-0.2, -0.15) is 5.26 Å². The van der Waals surface area contributed by atoms with Gasteiger partial charge < -0.3 is 4.74 Å². The third-order valence-corrected chi connectivity index (χ3v) is 5.38. The number of esters is 1. The number of hydrogen-bond acceptors (Lipinski definition) is 6. The molecular weight excluding hydrogens is 312 g/mol. The maximum absolute atomic E-state index is 12.1. The van der Waals surface area contributed by atoms with Crippen molar-refractivity contribution in [2.45, 2.75) is 4.21 Å². The minimum atomic E-state index is -3.74. The van der Waals surface area contributed by atoms with Gasteiger partial charge in [0.15, 0.2) is 0 Å². The number of rotatable bonds is 4. The molecule has 1 aromatic carbocycles. The normalized spacial score (nSPS) is 10.7. The highest BCUT2D eigenvalue weighted by molar-refractivity contribution is 7.94. The molecule has 8 heteroatoms. The van der Waals surface area contributed by atoms with Crippen LogP contribution in [0.1, 0.15) is 15.2 Å². The largest absolute Gasteiger partial charge is 0.465 e. The Hall–Kier alpha value is -2.37. The van der Waals surface area contributed by atoms with Crippen molar-refractivity contribution in [2.75, 3.05) is 11.8 Å². The number of ether oxygens (including phenoxy) is 1. The van der Waals surface area contributed by atoms with E-state index in [1.807, 2.05) is 6.07 Å². The monoisotopic (exact) mass is 322 g/mol. The molecule has 21 heavy (non-hydrogen) atoms. The zero-order valence-corrected chi connectivity index (χ0v) is 12.5. The van der Waals surface area contributed by atoms with Gasteiger partial charge in [-0.05, 0) is 36.4 Å². The Morgan fingerprint density at radius 1 is 1.24 bits per heavy atom. The van der Waals surface area contributed by atoms with Gasteiger partial charge in [0.25, 0.3) is 10.0 Å². The molecule has 0 spiro atoms. The number of thiophene rings is 1. The summed E-state index contributed by atoms with van der Waals surface area (Å²) in [6.07, 6.45) is 0. The first-order valence-corrected chi connectivity index (χ1v) is 7.97. The fourth-order valence-corrected chi connectivity index (χ4v) is 3.68. The second kappa shape index (κ2) is 5.95. The fourth-order valence-electron chi connectivity index (χ4n) is 1.52. The second-order valence-electron chi connectivity index (χ2n) is 3.90. The van der Waals surface area contributed by atoms with E-state index in [1.165, 1.54) is 43.5 Å². The third kappa shape index (κ3) is 3.39. The van der Waals surface area contributed by atoms with Gasteiger partial charge in [-0.25, -0.2) is 13.2 Å². The molecule has 0 amide bonds. The molecule has 0 atom stereocenters. The van der Waals surface area contributed by atoms with Crippen LogP contribution in [0.2, 0.25) is 0 Å². The Kier molecular flexibility index (Phi) is 4.26. The summed E-state index contributed by atoms with van der Waals surface area (Å²) in [5, 5.41) is 8.71. The van der Waals surface area contributed by atoms with E-state index >= 15 is 0 Å². The van der Waals surface area contributed by atoms with E-state index in [9.17, 15) is 13.2 Å². The lowest BCUT2D eigenvalue weighted by atomic mass is 10.2. The number of methoxy groups -OCH3 is 1. The molecule has 0 unspecified atom stereocenters. The van der Waals surface area contributed by atoms with Crippen LogP contribution in [0, 0.1) is 11.3 Å². The third-order valence-electron chi connectivity index (χ3n) is 2.51. The topological polar surface area (TPSA) is 96.3 Å². The molecule has 1 heterocycles. The van der Waals surface area contributed by atoms with E-state index in [0.717, 1.165) is 11.3 Å². The lowest BCUT2D eigenvalue weighted by molar-refractivity contribution is 0.0601. The molecule has 1 N–H and O–H groups in total. The van der Waals surface area contributed by atoms with Crippen LogP contribution in [0.4, 0.5) is 5.69 Å². The lowest BCUT2D eigenvalue weighted by Gasteiger charge is -2.06. The van der Waals surface area contributed by atoms with Gasteiger partial charge in [-0.1, -0.05) is 0 Å². The Morgan fingerprint density at radius 3 is 2.43 bits per heavy atom. The highest BCUT2D eigenvalue weighted by Gasteiger charge is 2.17. The quantitative estimate of drug-likeness (QED) is 0.871. The van der Waals surface area contributed by atoms with Gasteiger partial charge in [0.2, 0.25) is 0 Å². The number of carbonyl (C=O) groups is 1. The van der Waals surface area contributed by atoms with E-state index in [4.69, 9.17) is 5.26 Å². The molecule has 0 aliphatic rings. The van der Waals surface area contributed by atoms with Crippen molar-refractivity contribution < 1.29 is 17.9 Å². The number of hydrogen-bond donors (Lipinski definition) is 1. The smallest absolute Gasteiger partial charge is 0.337 e. The summed E-state index contributed by atoms with van der Waals surface area (Å²) in [7, 11) is -2.47. The summed E-state index contributed by atoms with van der Waals surface area (Å²) in [5.74, 6) is -0.499. The number of anilines is 1. The van der Waals surface area contributed by atoms with Crippen molar-refractivity contribution >= 4 is 33.0 Å². The van der Waals surface area contributed by atoms with Crippen LogP contribution < -0.4 is 4.72 Å². The number of nitrogens with one attached hydrogen (secondary N) is 1. The molecule has 2 rings (SSSR count). The van der Waals surface area contributed by atoms with E-state index in [1.54, 1.807) is 0 Å². The molecule has 0 aliphatic carbocycles. The number of benzene rings is 1. The zero-order valence-electron chi connectivity index (χ0n) is 10.9.